The first-order chi connectivity index (χ1) is 9.06. The van der Waals surface area contributed by atoms with Gasteiger partial charge in [-0.3, -0.25) is 4.79 Å². The second-order valence-corrected chi connectivity index (χ2v) is 4.98. The summed E-state index contributed by atoms with van der Waals surface area (Å²) in [7, 11) is 0. The van der Waals surface area contributed by atoms with Crippen molar-refractivity contribution in [2.75, 3.05) is 0 Å². The number of esters is 1. The molecule has 4 N–H and O–H groups in total. The van der Waals surface area contributed by atoms with Crippen molar-refractivity contribution in [3.8, 4) is 11.5 Å². The van der Waals surface area contributed by atoms with Crippen LogP contribution in [-0.2, 0) is 16.0 Å². The summed E-state index contributed by atoms with van der Waals surface area (Å²) in [6, 6.07) is 3.65. The summed E-state index contributed by atoms with van der Waals surface area (Å²) in [5.74, 6) is -0.806. The molecule has 1 aliphatic carbocycles. The van der Waals surface area contributed by atoms with Gasteiger partial charge in [-0.1, -0.05) is 6.07 Å². The molecule has 1 unspecified atom stereocenters. The summed E-state index contributed by atoms with van der Waals surface area (Å²) in [5, 5.41) is 18.6. The summed E-state index contributed by atoms with van der Waals surface area (Å²) in [6.07, 6.45) is 4.31. The molecule has 19 heavy (non-hydrogen) atoms. The van der Waals surface area contributed by atoms with Crippen LogP contribution in [0.4, 0.5) is 0 Å². The van der Waals surface area contributed by atoms with Crippen LogP contribution in [0, 0.1) is 0 Å². The molecule has 1 aliphatic rings. The number of hydrogen-bond donors (Lipinski definition) is 3. The first-order valence-corrected chi connectivity index (χ1v) is 6.53. The number of phenolic OH excluding ortho intramolecular Hbond substituents is 2. The van der Waals surface area contributed by atoms with Crippen molar-refractivity contribution in [3.05, 3.63) is 23.8 Å². The maximum atomic E-state index is 11.8. The summed E-state index contributed by atoms with van der Waals surface area (Å²) in [6.45, 7) is 0. The summed E-state index contributed by atoms with van der Waals surface area (Å²) in [4.78, 5) is 11.8. The van der Waals surface area contributed by atoms with Crippen molar-refractivity contribution in [2.45, 2.75) is 44.2 Å². The van der Waals surface area contributed by atoms with Crippen LogP contribution in [0.15, 0.2) is 18.2 Å². The number of hydrogen-bond acceptors (Lipinski definition) is 5. The topological polar surface area (TPSA) is 92.8 Å². The fraction of sp³-hybridized carbons (Fsp3) is 0.500. The zero-order valence-corrected chi connectivity index (χ0v) is 10.7. The van der Waals surface area contributed by atoms with E-state index < -0.39 is 12.0 Å². The number of benzene rings is 1. The Hall–Kier alpha value is -1.75. The van der Waals surface area contributed by atoms with Gasteiger partial charge in [0.25, 0.3) is 0 Å². The first kappa shape index (κ1) is 13.7. The highest BCUT2D eigenvalue weighted by Crippen LogP contribution is 2.25. The van der Waals surface area contributed by atoms with Crippen LogP contribution in [-0.4, -0.2) is 28.3 Å². The maximum Gasteiger partial charge on any atom is 0.323 e. The first-order valence-electron chi connectivity index (χ1n) is 6.53. The molecule has 1 aromatic carbocycles. The minimum Gasteiger partial charge on any atom is -0.504 e. The number of carbonyl (C=O) groups is 1. The molecule has 0 bridgehead atoms. The smallest absolute Gasteiger partial charge is 0.323 e. The van der Waals surface area contributed by atoms with Gasteiger partial charge in [0.05, 0.1) is 0 Å². The Balaban J connectivity index is 1.90. The Bertz CT molecular complexity index is 455. The van der Waals surface area contributed by atoms with Gasteiger partial charge in [0.15, 0.2) is 11.5 Å². The number of phenols is 2. The van der Waals surface area contributed by atoms with Crippen molar-refractivity contribution in [1.29, 1.82) is 0 Å². The predicted molar refractivity (Wildman–Crippen MR) is 69.8 cm³/mol. The normalized spacial score (nSPS) is 17.3. The van der Waals surface area contributed by atoms with E-state index in [1.165, 1.54) is 12.1 Å². The molecule has 0 aromatic heterocycles. The van der Waals surface area contributed by atoms with Gasteiger partial charge in [0, 0.05) is 0 Å². The number of ether oxygens (including phenoxy) is 1. The second-order valence-electron chi connectivity index (χ2n) is 4.98. The summed E-state index contributed by atoms with van der Waals surface area (Å²) >= 11 is 0. The fourth-order valence-electron chi connectivity index (χ4n) is 2.29. The Morgan fingerprint density at radius 1 is 1.32 bits per heavy atom. The molecule has 0 heterocycles. The van der Waals surface area contributed by atoms with Crippen molar-refractivity contribution < 1.29 is 19.7 Å². The lowest BCUT2D eigenvalue weighted by atomic mass is 10.1. The Morgan fingerprint density at radius 3 is 2.63 bits per heavy atom. The second kappa shape index (κ2) is 5.93. The average Bonchev–Trinajstić information content (AvgIpc) is 2.86. The van der Waals surface area contributed by atoms with Crippen LogP contribution in [0.25, 0.3) is 0 Å². The van der Waals surface area contributed by atoms with Crippen molar-refractivity contribution in [1.82, 2.24) is 0 Å². The SMILES string of the molecule is NC(Cc1ccc(O)c(O)c1)C(=O)OC1CCCC1. The largest absolute Gasteiger partial charge is 0.504 e. The van der Waals surface area contributed by atoms with Gasteiger partial charge in [0.1, 0.15) is 12.1 Å². The molecule has 1 aromatic rings. The fourth-order valence-corrected chi connectivity index (χ4v) is 2.29. The Kier molecular flexibility index (Phi) is 4.27. The minimum atomic E-state index is -0.746. The van der Waals surface area contributed by atoms with Crippen LogP contribution >= 0.6 is 0 Å². The maximum absolute atomic E-state index is 11.8. The van der Waals surface area contributed by atoms with E-state index in [9.17, 15) is 15.0 Å². The molecule has 0 radical (unpaired) electrons. The van der Waals surface area contributed by atoms with Gasteiger partial charge >= 0.3 is 5.97 Å². The van der Waals surface area contributed by atoms with Gasteiger partial charge in [-0.2, -0.15) is 0 Å². The van der Waals surface area contributed by atoms with E-state index in [0.717, 1.165) is 25.7 Å². The quantitative estimate of drug-likeness (QED) is 0.566. The highest BCUT2D eigenvalue weighted by atomic mass is 16.5. The number of rotatable bonds is 4. The lowest BCUT2D eigenvalue weighted by molar-refractivity contribution is -0.150. The van der Waals surface area contributed by atoms with Crippen LogP contribution in [0.1, 0.15) is 31.2 Å². The molecule has 5 nitrogen and oxygen atoms in total. The van der Waals surface area contributed by atoms with Gasteiger partial charge < -0.3 is 20.7 Å². The Labute approximate surface area is 112 Å². The third-order valence-electron chi connectivity index (χ3n) is 3.38. The lowest BCUT2D eigenvalue weighted by Crippen LogP contribution is -2.36. The molecule has 0 saturated heterocycles. The average molecular weight is 265 g/mol. The van der Waals surface area contributed by atoms with Gasteiger partial charge in [0.2, 0.25) is 0 Å². The molecule has 0 aliphatic heterocycles. The molecular weight excluding hydrogens is 246 g/mol. The molecular formula is C14H19NO4. The summed E-state index contributed by atoms with van der Waals surface area (Å²) < 4.78 is 5.32. The van der Waals surface area contributed by atoms with Crippen LogP contribution in [0.3, 0.4) is 0 Å². The summed E-state index contributed by atoms with van der Waals surface area (Å²) in [5.41, 5.74) is 6.48. The van der Waals surface area contributed by atoms with Crippen LogP contribution in [0.5, 0.6) is 11.5 Å². The molecule has 5 heteroatoms. The van der Waals surface area contributed by atoms with Gasteiger partial charge in [-0.25, -0.2) is 0 Å². The number of carbonyl (C=O) groups excluding carboxylic acids is 1. The van der Waals surface area contributed by atoms with E-state index in [1.54, 1.807) is 6.07 Å². The van der Waals surface area contributed by atoms with Crippen LogP contribution in [0.2, 0.25) is 0 Å². The van der Waals surface area contributed by atoms with Crippen LogP contribution < -0.4 is 5.73 Å². The van der Waals surface area contributed by atoms with Crippen molar-refractivity contribution in [3.63, 3.8) is 0 Å². The molecule has 2 rings (SSSR count). The van der Waals surface area contributed by atoms with E-state index in [4.69, 9.17) is 10.5 Å². The molecule has 1 fully saturated rings. The minimum absolute atomic E-state index is 0.00627. The van der Waals surface area contributed by atoms with E-state index in [1.807, 2.05) is 0 Å². The number of nitrogens with two attached hydrogens (primary N) is 1. The van der Waals surface area contributed by atoms with Crippen molar-refractivity contribution in [2.24, 2.45) is 5.73 Å². The van der Waals surface area contributed by atoms with E-state index in [0.29, 0.717) is 5.56 Å². The zero-order chi connectivity index (χ0) is 13.8. The van der Waals surface area contributed by atoms with Gasteiger partial charge in [-0.15, -0.1) is 0 Å². The van der Waals surface area contributed by atoms with Crippen molar-refractivity contribution >= 4 is 5.97 Å². The standard InChI is InChI=1S/C14H19NO4/c15-11(14(18)19-10-3-1-2-4-10)7-9-5-6-12(16)13(17)8-9/h5-6,8,10-11,16-17H,1-4,7,15H2. The lowest BCUT2D eigenvalue weighted by Gasteiger charge is -2.16. The predicted octanol–water partition coefficient (Wildman–Crippen LogP) is 1.45. The van der Waals surface area contributed by atoms with E-state index in [2.05, 4.69) is 0 Å². The molecule has 1 saturated carbocycles. The molecule has 1 atom stereocenters. The monoisotopic (exact) mass is 265 g/mol. The molecule has 0 spiro atoms. The highest BCUT2D eigenvalue weighted by Gasteiger charge is 2.23. The van der Waals surface area contributed by atoms with Gasteiger partial charge in [-0.05, 0) is 49.8 Å². The molecule has 104 valence electrons. The molecule has 0 amide bonds. The zero-order valence-electron chi connectivity index (χ0n) is 10.7. The highest BCUT2D eigenvalue weighted by molar-refractivity contribution is 5.76. The number of aromatic hydroxyl groups is 2. The third-order valence-corrected chi connectivity index (χ3v) is 3.38. The van der Waals surface area contributed by atoms with E-state index in [-0.39, 0.29) is 24.0 Å². The third kappa shape index (κ3) is 3.61. The Morgan fingerprint density at radius 2 is 2.00 bits per heavy atom. The van der Waals surface area contributed by atoms with E-state index >= 15 is 0 Å².